The average molecular weight is 352 g/mol. The van der Waals surface area contributed by atoms with Gasteiger partial charge in [-0.15, -0.1) is 0 Å². The second-order valence-electron chi connectivity index (χ2n) is 5.66. The number of carbonyl (C=O) groups excluding carboxylic acids is 2. The first-order chi connectivity index (χ1) is 12.6. The van der Waals surface area contributed by atoms with Crippen molar-refractivity contribution in [2.24, 2.45) is 0 Å². The Balaban J connectivity index is 2.06. The molecule has 0 fully saturated rings. The monoisotopic (exact) mass is 352 g/mol. The lowest BCUT2D eigenvalue weighted by molar-refractivity contribution is -0.111. The van der Waals surface area contributed by atoms with Crippen molar-refractivity contribution in [3.63, 3.8) is 0 Å². The Bertz CT molecular complexity index is 795. The van der Waals surface area contributed by atoms with Gasteiger partial charge in [0.2, 0.25) is 5.91 Å². The van der Waals surface area contributed by atoms with Gasteiger partial charge in [-0.3, -0.25) is 9.59 Å². The SMILES string of the molecule is CCN(CC)C(=O)c1cccc(NC(=O)/C=C/c2cccc(OC)c2)c1. The van der Waals surface area contributed by atoms with Crippen LogP contribution in [-0.4, -0.2) is 36.9 Å². The molecule has 0 heterocycles. The highest BCUT2D eigenvalue weighted by atomic mass is 16.5. The zero-order chi connectivity index (χ0) is 18.9. The Morgan fingerprint density at radius 3 is 2.50 bits per heavy atom. The van der Waals surface area contributed by atoms with Crippen molar-refractivity contribution in [1.82, 2.24) is 4.90 Å². The number of anilines is 1. The zero-order valence-electron chi connectivity index (χ0n) is 15.4. The molecule has 0 spiro atoms. The van der Waals surface area contributed by atoms with E-state index < -0.39 is 0 Å². The Hall–Kier alpha value is -3.08. The van der Waals surface area contributed by atoms with Crippen molar-refractivity contribution in [2.75, 3.05) is 25.5 Å². The summed E-state index contributed by atoms with van der Waals surface area (Å²) in [5.74, 6) is 0.424. The molecule has 0 saturated carbocycles. The summed E-state index contributed by atoms with van der Waals surface area (Å²) in [5, 5.41) is 2.78. The van der Waals surface area contributed by atoms with Crippen LogP contribution in [0.5, 0.6) is 5.75 Å². The van der Waals surface area contributed by atoms with Gasteiger partial charge in [0, 0.05) is 30.4 Å². The predicted octanol–water partition coefficient (Wildman–Crippen LogP) is 3.83. The van der Waals surface area contributed by atoms with Crippen LogP contribution < -0.4 is 10.1 Å². The third kappa shape index (κ3) is 5.21. The summed E-state index contributed by atoms with van der Waals surface area (Å²) in [5.41, 5.74) is 2.01. The fourth-order valence-electron chi connectivity index (χ4n) is 2.52. The maximum atomic E-state index is 12.4. The number of ether oxygens (including phenoxy) is 1. The highest BCUT2D eigenvalue weighted by molar-refractivity contribution is 6.03. The van der Waals surface area contributed by atoms with Gasteiger partial charge < -0.3 is 15.0 Å². The van der Waals surface area contributed by atoms with E-state index in [1.165, 1.54) is 6.08 Å². The van der Waals surface area contributed by atoms with Crippen molar-refractivity contribution in [1.29, 1.82) is 0 Å². The van der Waals surface area contributed by atoms with E-state index in [9.17, 15) is 9.59 Å². The number of hydrogen-bond acceptors (Lipinski definition) is 3. The van der Waals surface area contributed by atoms with E-state index in [-0.39, 0.29) is 11.8 Å². The molecule has 2 amide bonds. The maximum absolute atomic E-state index is 12.4. The van der Waals surface area contributed by atoms with Crippen molar-refractivity contribution in [3.05, 3.63) is 65.7 Å². The molecule has 0 aliphatic heterocycles. The van der Waals surface area contributed by atoms with Crippen LogP contribution >= 0.6 is 0 Å². The fraction of sp³-hybridized carbons (Fsp3) is 0.238. The summed E-state index contributed by atoms with van der Waals surface area (Å²) in [6.07, 6.45) is 3.16. The lowest BCUT2D eigenvalue weighted by Gasteiger charge is -2.18. The first kappa shape index (κ1) is 19.2. The van der Waals surface area contributed by atoms with Crippen LogP contribution in [0, 0.1) is 0 Å². The van der Waals surface area contributed by atoms with E-state index in [4.69, 9.17) is 4.74 Å². The maximum Gasteiger partial charge on any atom is 0.253 e. The molecule has 0 aromatic heterocycles. The summed E-state index contributed by atoms with van der Waals surface area (Å²) in [4.78, 5) is 26.3. The summed E-state index contributed by atoms with van der Waals surface area (Å²) in [7, 11) is 1.60. The molecular formula is C21H24N2O3. The number of amides is 2. The van der Waals surface area contributed by atoms with E-state index in [0.717, 1.165) is 11.3 Å². The topological polar surface area (TPSA) is 58.6 Å². The summed E-state index contributed by atoms with van der Waals surface area (Å²) in [6.45, 7) is 5.18. The van der Waals surface area contributed by atoms with Crippen LogP contribution in [0.3, 0.4) is 0 Å². The van der Waals surface area contributed by atoms with Gasteiger partial charge >= 0.3 is 0 Å². The van der Waals surface area contributed by atoms with Gasteiger partial charge in [-0.2, -0.15) is 0 Å². The minimum Gasteiger partial charge on any atom is -0.497 e. The van der Waals surface area contributed by atoms with Crippen molar-refractivity contribution >= 4 is 23.6 Å². The predicted molar refractivity (Wildman–Crippen MR) is 104 cm³/mol. The van der Waals surface area contributed by atoms with Gasteiger partial charge in [-0.05, 0) is 55.8 Å². The van der Waals surface area contributed by atoms with Crippen molar-refractivity contribution in [2.45, 2.75) is 13.8 Å². The van der Waals surface area contributed by atoms with E-state index in [1.807, 2.05) is 38.1 Å². The van der Waals surface area contributed by atoms with Crippen LogP contribution in [0.2, 0.25) is 0 Å². The lowest BCUT2D eigenvalue weighted by atomic mass is 10.1. The van der Waals surface area contributed by atoms with Gasteiger partial charge in [0.15, 0.2) is 0 Å². The van der Waals surface area contributed by atoms with Gasteiger partial charge in [-0.1, -0.05) is 18.2 Å². The number of hydrogen-bond donors (Lipinski definition) is 1. The number of carbonyl (C=O) groups is 2. The highest BCUT2D eigenvalue weighted by Crippen LogP contribution is 2.15. The molecule has 2 rings (SSSR count). The van der Waals surface area contributed by atoms with E-state index in [0.29, 0.717) is 24.3 Å². The van der Waals surface area contributed by atoms with Gasteiger partial charge in [0.25, 0.3) is 5.91 Å². The Morgan fingerprint density at radius 2 is 1.81 bits per heavy atom. The van der Waals surface area contributed by atoms with Gasteiger partial charge in [0.1, 0.15) is 5.75 Å². The molecule has 5 nitrogen and oxygen atoms in total. The standard InChI is InChI=1S/C21H24N2O3/c1-4-23(5-2)21(25)17-9-7-10-18(15-17)22-20(24)13-12-16-8-6-11-19(14-16)26-3/h6-15H,4-5H2,1-3H3,(H,22,24)/b13-12+. The largest absolute Gasteiger partial charge is 0.497 e. The number of methoxy groups -OCH3 is 1. The van der Waals surface area contributed by atoms with Crippen LogP contribution in [0.4, 0.5) is 5.69 Å². The highest BCUT2D eigenvalue weighted by Gasteiger charge is 2.12. The third-order valence-electron chi connectivity index (χ3n) is 3.95. The van der Waals surface area contributed by atoms with Crippen LogP contribution in [0.15, 0.2) is 54.6 Å². The fourth-order valence-corrected chi connectivity index (χ4v) is 2.52. The Morgan fingerprint density at radius 1 is 1.08 bits per heavy atom. The molecule has 0 aliphatic rings. The molecule has 5 heteroatoms. The number of nitrogens with zero attached hydrogens (tertiary/aromatic N) is 1. The minimum absolute atomic E-state index is 0.0435. The minimum atomic E-state index is -0.264. The molecule has 1 N–H and O–H groups in total. The molecule has 0 atom stereocenters. The molecule has 26 heavy (non-hydrogen) atoms. The lowest BCUT2D eigenvalue weighted by Crippen LogP contribution is -2.30. The van der Waals surface area contributed by atoms with Crippen LogP contribution in [0.1, 0.15) is 29.8 Å². The molecule has 136 valence electrons. The zero-order valence-corrected chi connectivity index (χ0v) is 15.4. The quantitative estimate of drug-likeness (QED) is 0.771. The van der Waals surface area contributed by atoms with E-state index in [1.54, 1.807) is 42.4 Å². The molecular weight excluding hydrogens is 328 g/mol. The first-order valence-electron chi connectivity index (χ1n) is 8.59. The molecule has 0 unspecified atom stereocenters. The molecule has 0 aliphatic carbocycles. The number of rotatable bonds is 7. The molecule has 0 saturated heterocycles. The van der Waals surface area contributed by atoms with Crippen molar-refractivity contribution < 1.29 is 14.3 Å². The summed E-state index contributed by atoms with van der Waals surface area (Å²) in [6, 6.07) is 14.4. The number of nitrogens with one attached hydrogen (secondary N) is 1. The van der Waals surface area contributed by atoms with Crippen LogP contribution in [-0.2, 0) is 4.79 Å². The van der Waals surface area contributed by atoms with Crippen molar-refractivity contribution in [3.8, 4) is 5.75 Å². The normalized spacial score (nSPS) is 10.6. The second kappa shape index (κ2) is 9.42. The number of benzene rings is 2. The smallest absolute Gasteiger partial charge is 0.253 e. The Labute approximate surface area is 154 Å². The summed E-state index contributed by atoms with van der Waals surface area (Å²) >= 11 is 0. The molecule has 0 bridgehead atoms. The van der Waals surface area contributed by atoms with E-state index >= 15 is 0 Å². The Kier molecular flexibility index (Phi) is 6.97. The molecule has 0 radical (unpaired) electrons. The second-order valence-corrected chi connectivity index (χ2v) is 5.66. The van der Waals surface area contributed by atoms with Gasteiger partial charge in [-0.25, -0.2) is 0 Å². The van der Waals surface area contributed by atoms with Crippen LogP contribution in [0.25, 0.3) is 6.08 Å². The summed E-state index contributed by atoms with van der Waals surface area (Å²) < 4.78 is 5.16. The first-order valence-corrected chi connectivity index (χ1v) is 8.59. The molecule has 2 aromatic rings. The third-order valence-corrected chi connectivity index (χ3v) is 3.95. The average Bonchev–Trinajstić information content (AvgIpc) is 2.67. The van der Waals surface area contributed by atoms with Gasteiger partial charge in [0.05, 0.1) is 7.11 Å². The van der Waals surface area contributed by atoms with E-state index in [2.05, 4.69) is 5.32 Å². The molecule has 2 aromatic carbocycles.